The van der Waals surface area contributed by atoms with Gasteiger partial charge in [0.1, 0.15) is 5.82 Å². The summed E-state index contributed by atoms with van der Waals surface area (Å²) >= 11 is 3.14. The number of anilines is 2. The summed E-state index contributed by atoms with van der Waals surface area (Å²) in [7, 11) is 0. The number of aryl methyl sites for hydroxylation is 1. The molecule has 2 aromatic rings. The first-order chi connectivity index (χ1) is 9.87. The maximum atomic E-state index is 13.6. The smallest absolute Gasteiger partial charge is 0.139 e. The number of nitrogen functional groups attached to an aromatic ring is 1. The zero-order valence-corrected chi connectivity index (χ0v) is 13.9. The van der Waals surface area contributed by atoms with E-state index in [4.69, 9.17) is 5.73 Å². The highest BCUT2D eigenvalue weighted by Crippen LogP contribution is 2.29. The molecule has 3 N–H and O–H groups in total. The van der Waals surface area contributed by atoms with Gasteiger partial charge < -0.3 is 11.1 Å². The molecule has 0 bridgehead atoms. The minimum absolute atomic E-state index is 0.176. The average molecular weight is 351 g/mol. The van der Waals surface area contributed by atoms with Gasteiger partial charge in [0.2, 0.25) is 0 Å². The van der Waals surface area contributed by atoms with E-state index in [2.05, 4.69) is 47.2 Å². The van der Waals surface area contributed by atoms with E-state index >= 15 is 0 Å². The van der Waals surface area contributed by atoms with Crippen LogP contribution in [0.2, 0.25) is 0 Å². The van der Waals surface area contributed by atoms with Gasteiger partial charge in [0, 0.05) is 11.6 Å². The van der Waals surface area contributed by atoms with Crippen LogP contribution < -0.4 is 11.1 Å². The molecule has 0 aliphatic carbocycles. The Morgan fingerprint density at radius 1 is 1.19 bits per heavy atom. The standard InChI is InChI=1S/C17H20BrFN2/c1-17(2,9-8-12-6-4-3-5-7-12)21-16-11-14(19)13(18)10-15(16)20/h3-7,10-11,21H,8-9,20H2,1-2H3. The lowest BCUT2D eigenvalue weighted by Gasteiger charge is -2.28. The monoisotopic (exact) mass is 350 g/mol. The summed E-state index contributed by atoms with van der Waals surface area (Å²) in [6, 6.07) is 13.3. The fourth-order valence-electron chi connectivity index (χ4n) is 2.20. The quantitative estimate of drug-likeness (QED) is 0.745. The molecule has 0 aromatic heterocycles. The third-order valence-corrected chi connectivity index (χ3v) is 4.05. The van der Waals surface area contributed by atoms with Crippen molar-refractivity contribution in [2.45, 2.75) is 32.2 Å². The van der Waals surface area contributed by atoms with Gasteiger partial charge in [-0.05, 0) is 54.2 Å². The molecule has 0 saturated heterocycles. The second kappa shape index (κ2) is 6.48. The van der Waals surface area contributed by atoms with Crippen LogP contribution in [-0.2, 0) is 6.42 Å². The predicted octanol–water partition coefficient (Wildman–Crippen LogP) is 4.99. The largest absolute Gasteiger partial charge is 0.397 e. The first-order valence-electron chi connectivity index (χ1n) is 6.94. The van der Waals surface area contributed by atoms with Crippen LogP contribution in [0, 0.1) is 5.82 Å². The van der Waals surface area contributed by atoms with Gasteiger partial charge in [-0.2, -0.15) is 0 Å². The minimum atomic E-state index is -0.314. The van der Waals surface area contributed by atoms with Gasteiger partial charge in [0.25, 0.3) is 0 Å². The fraction of sp³-hybridized carbons (Fsp3) is 0.294. The maximum absolute atomic E-state index is 13.6. The summed E-state index contributed by atoms with van der Waals surface area (Å²) < 4.78 is 14.0. The van der Waals surface area contributed by atoms with Crippen molar-refractivity contribution in [2.24, 2.45) is 0 Å². The SMILES string of the molecule is CC(C)(CCc1ccccc1)Nc1cc(F)c(Br)cc1N. The normalized spacial score (nSPS) is 11.4. The van der Waals surface area contributed by atoms with E-state index in [-0.39, 0.29) is 11.4 Å². The van der Waals surface area contributed by atoms with Gasteiger partial charge in [-0.25, -0.2) is 4.39 Å². The van der Waals surface area contributed by atoms with Crippen LogP contribution in [0.1, 0.15) is 25.8 Å². The van der Waals surface area contributed by atoms with Gasteiger partial charge in [-0.3, -0.25) is 0 Å². The topological polar surface area (TPSA) is 38.0 Å². The molecule has 0 unspecified atom stereocenters. The molecule has 0 spiro atoms. The number of nitrogens with two attached hydrogens (primary N) is 1. The van der Waals surface area contributed by atoms with E-state index in [0.717, 1.165) is 12.8 Å². The van der Waals surface area contributed by atoms with Gasteiger partial charge in [-0.1, -0.05) is 30.3 Å². The molecule has 0 saturated carbocycles. The molecule has 0 fully saturated rings. The second-order valence-electron chi connectivity index (χ2n) is 5.85. The van der Waals surface area contributed by atoms with Gasteiger partial charge >= 0.3 is 0 Å². The van der Waals surface area contributed by atoms with E-state index in [1.165, 1.54) is 11.6 Å². The van der Waals surface area contributed by atoms with Crippen LogP contribution in [0.5, 0.6) is 0 Å². The maximum Gasteiger partial charge on any atom is 0.139 e. The van der Waals surface area contributed by atoms with Crippen molar-refractivity contribution < 1.29 is 4.39 Å². The van der Waals surface area contributed by atoms with Crippen molar-refractivity contribution in [1.82, 2.24) is 0 Å². The molecule has 112 valence electrons. The van der Waals surface area contributed by atoms with Crippen LogP contribution in [0.3, 0.4) is 0 Å². The molecule has 4 heteroatoms. The highest BCUT2D eigenvalue weighted by molar-refractivity contribution is 9.10. The Bertz CT molecular complexity index is 612. The van der Waals surface area contributed by atoms with Gasteiger partial charge in [0.15, 0.2) is 0 Å². The first kappa shape index (κ1) is 15.8. The van der Waals surface area contributed by atoms with Crippen LogP contribution in [0.15, 0.2) is 46.9 Å². The van der Waals surface area contributed by atoms with Crippen LogP contribution in [0.25, 0.3) is 0 Å². The molecular formula is C17H20BrFN2. The number of benzene rings is 2. The summed E-state index contributed by atoms with van der Waals surface area (Å²) in [5.74, 6) is -0.314. The molecule has 0 aliphatic rings. The number of hydrogen-bond acceptors (Lipinski definition) is 2. The Morgan fingerprint density at radius 3 is 2.52 bits per heavy atom. The zero-order valence-electron chi connectivity index (χ0n) is 12.3. The van der Waals surface area contributed by atoms with Gasteiger partial charge in [0.05, 0.1) is 15.8 Å². The lowest BCUT2D eigenvalue weighted by molar-refractivity contribution is 0.518. The van der Waals surface area contributed by atoms with E-state index in [0.29, 0.717) is 15.8 Å². The molecule has 2 rings (SSSR count). The second-order valence-corrected chi connectivity index (χ2v) is 6.70. The summed E-state index contributed by atoms with van der Waals surface area (Å²) in [4.78, 5) is 0. The molecule has 0 atom stereocenters. The fourth-order valence-corrected chi connectivity index (χ4v) is 2.56. The number of nitrogens with one attached hydrogen (secondary N) is 1. The molecule has 0 amide bonds. The Labute approximate surface area is 133 Å². The van der Waals surface area contributed by atoms with Crippen molar-refractivity contribution in [1.29, 1.82) is 0 Å². The van der Waals surface area contributed by atoms with Crippen molar-refractivity contribution >= 4 is 27.3 Å². The molecule has 2 nitrogen and oxygen atoms in total. The van der Waals surface area contributed by atoms with E-state index in [1.54, 1.807) is 6.07 Å². The van der Waals surface area contributed by atoms with E-state index in [1.807, 2.05) is 18.2 Å². The van der Waals surface area contributed by atoms with Crippen LogP contribution >= 0.6 is 15.9 Å². The minimum Gasteiger partial charge on any atom is -0.397 e. The van der Waals surface area contributed by atoms with E-state index in [9.17, 15) is 4.39 Å². The molecule has 0 radical (unpaired) electrons. The van der Waals surface area contributed by atoms with Crippen LogP contribution in [-0.4, -0.2) is 5.54 Å². The van der Waals surface area contributed by atoms with Crippen molar-refractivity contribution in [3.05, 3.63) is 58.3 Å². The average Bonchev–Trinajstić information content (AvgIpc) is 2.44. The molecule has 0 heterocycles. The summed E-state index contributed by atoms with van der Waals surface area (Å²) in [6.07, 6.45) is 1.88. The third kappa shape index (κ3) is 4.46. The zero-order chi connectivity index (χ0) is 15.5. The van der Waals surface area contributed by atoms with Gasteiger partial charge in [-0.15, -0.1) is 0 Å². The Kier molecular flexibility index (Phi) is 4.88. The molecule has 21 heavy (non-hydrogen) atoms. The van der Waals surface area contributed by atoms with E-state index < -0.39 is 0 Å². The lowest BCUT2D eigenvalue weighted by Crippen LogP contribution is -2.31. The van der Waals surface area contributed by atoms with Crippen molar-refractivity contribution in [3.63, 3.8) is 0 Å². The Hall–Kier alpha value is -1.55. The first-order valence-corrected chi connectivity index (χ1v) is 7.73. The lowest BCUT2D eigenvalue weighted by atomic mass is 9.94. The summed E-state index contributed by atoms with van der Waals surface area (Å²) in [5, 5.41) is 3.34. The summed E-state index contributed by atoms with van der Waals surface area (Å²) in [6.45, 7) is 4.19. The molecule has 2 aromatic carbocycles. The molecular weight excluding hydrogens is 331 g/mol. The Morgan fingerprint density at radius 2 is 1.86 bits per heavy atom. The van der Waals surface area contributed by atoms with Crippen molar-refractivity contribution in [2.75, 3.05) is 11.1 Å². The number of halogens is 2. The third-order valence-electron chi connectivity index (χ3n) is 3.45. The highest BCUT2D eigenvalue weighted by atomic mass is 79.9. The number of rotatable bonds is 5. The molecule has 0 aliphatic heterocycles. The van der Waals surface area contributed by atoms with Crippen LogP contribution in [0.4, 0.5) is 15.8 Å². The highest BCUT2D eigenvalue weighted by Gasteiger charge is 2.19. The Balaban J connectivity index is 2.05. The number of hydrogen-bond donors (Lipinski definition) is 2. The predicted molar refractivity (Wildman–Crippen MR) is 91.0 cm³/mol. The van der Waals surface area contributed by atoms with Crippen molar-refractivity contribution in [3.8, 4) is 0 Å². The summed E-state index contributed by atoms with van der Waals surface area (Å²) in [5.41, 5.74) is 8.23.